The molecule has 4 rings (SSSR count). The van der Waals surface area contributed by atoms with Crippen LogP contribution in [0.5, 0.6) is 0 Å². The molecule has 0 saturated carbocycles. The summed E-state index contributed by atoms with van der Waals surface area (Å²) in [6.45, 7) is 6.40. The highest BCUT2D eigenvalue weighted by molar-refractivity contribution is 5.85. The van der Waals surface area contributed by atoms with Crippen molar-refractivity contribution < 1.29 is 9.90 Å². The van der Waals surface area contributed by atoms with Crippen LogP contribution in [0.4, 0.5) is 0 Å². The van der Waals surface area contributed by atoms with Crippen molar-refractivity contribution in [3.8, 4) is 0 Å². The average Bonchev–Trinajstić information content (AvgIpc) is 3.37. The second kappa shape index (κ2) is 7.40. The Labute approximate surface area is 161 Å². The molecule has 3 atom stereocenters. The van der Waals surface area contributed by atoms with Gasteiger partial charge in [-0.3, -0.25) is 9.69 Å². The highest BCUT2D eigenvalue weighted by Gasteiger charge is 2.60. The number of hydrogen-bond donors (Lipinski definition) is 2. The van der Waals surface area contributed by atoms with Crippen molar-refractivity contribution >= 4 is 5.91 Å². The van der Waals surface area contributed by atoms with Crippen LogP contribution >= 0.6 is 0 Å². The molecule has 3 saturated heterocycles. The molecule has 0 radical (unpaired) electrons. The first kappa shape index (κ1) is 18.7. The summed E-state index contributed by atoms with van der Waals surface area (Å²) in [6.07, 6.45) is 11.1. The Balaban J connectivity index is 1.59. The standard InChI is InChI=1S/C21H32N4O2/c1-15(2)5-8-21(20(27)24-11-6-17(26)7-12-24)13-16-3-4-18(21)25(16)14-19-22-9-10-23-19/h5,9-10,16-18,26H,3-4,6-8,11-14H2,1-2H3,(H,22,23)/t16-,18+,21+/m0/s1. The van der Waals surface area contributed by atoms with Crippen LogP contribution in [-0.2, 0) is 11.3 Å². The number of nitrogens with zero attached hydrogens (tertiary/aromatic N) is 3. The highest BCUT2D eigenvalue weighted by Crippen LogP contribution is 2.53. The number of piperidine rings is 1. The molecule has 3 fully saturated rings. The Bertz CT molecular complexity index is 689. The lowest BCUT2D eigenvalue weighted by Crippen LogP contribution is -2.53. The first-order chi connectivity index (χ1) is 13.0. The predicted octanol–water partition coefficient (Wildman–Crippen LogP) is 2.47. The van der Waals surface area contributed by atoms with Crippen molar-refractivity contribution in [2.45, 2.75) is 77.1 Å². The number of hydrogen-bond acceptors (Lipinski definition) is 4. The lowest BCUT2D eigenvalue weighted by atomic mass is 9.70. The minimum atomic E-state index is -0.324. The third kappa shape index (κ3) is 3.45. The zero-order chi connectivity index (χ0) is 19.0. The van der Waals surface area contributed by atoms with E-state index in [-0.39, 0.29) is 17.6 Å². The van der Waals surface area contributed by atoms with Gasteiger partial charge in [0.05, 0.1) is 18.1 Å². The molecule has 4 heterocycles. The zero-order valence-electron chi connectivity index (χ0n) is 16.5. The van der Waals surface area contributed by atoms with Crippen molar-refractivity contribution in [1.82, 2.24) is 19.8 Å². The van der Waals surface area contributed by atoms with Gasteiger partial charge in [-0.1, -0.05) is 11.6 Å². The van der Waals surface area contributed by atoms with Crippen LogP contribution < -0.4 is 0 Å². The van der Waals surface area contributed by atoms with Crippen molar-refractivity contribution in [3.05, 3.63) is 29.9 Å². The first-order valence-corrected chi connectivity index (χ1v) is 10.3. The number of carbonyl (C=O) groups is 1. The van der Waals surface area contributed by atoms with Gasteiger partial charge < -0.3 is 15.0 Å². The molecule has 1 aromatic rings. The molecule has 3 aliphatic rings. The van der Waals surface area contributed by atoms with E-state index in [2.05, 4.69) is 34.8 Å². The molecule has 2 N–H and O–H groups in total. The molecular weight excluding hydrogens is 340 g/mol. The maximum atomic E-state index is 13.7. The number of allylic oxidation sites excluding steroid dienone is 2. The number of rotatable bonds is 5. The highest BCUT2D eigenvalue weighted by atomic mass is 16.3. The summed E-state index contributed by atoms with van der Waals surface area (Å²) in [5, 5.41) is 9.84. The van der Waals surface area contributed by atoms with Crippen molar-refractivity contribution in [2.24, 2.45) is 5.41 Å². The van der Waals surface area contributed by atoms with Crippen LogP contribution in [0.25, 0.3) is 0 Å². The number of H-pyrrole nitrogens is 1. The molecule has 0 spiro atoms. The van der Waals surface area contributed by atoms with Crippen LogP contribution in [-0.4, -0.2) is 62.1 Å². The maximum absolute atomic E-state index is 13.7. The van der Waals surface area contributed by atoms with Gasteiger partial charge in [0.15, 0.2) is 0 Å². The van der Waals surface area contributed by atoms with E-state index in [1.165, 1.54) is 12.0 Å². The molecule has 1 amide bonds. The summed E-state index contributed by atoms with van der Waals surface area (Å²) in [5.41, 5.74) is 0.950. The molecule has 2 bridgehead atoms. The molecule has 0 aliphatic carbocycles. The number of amides is 1. The molecule has 3 aliphatic heterocycles. The molecule has 0 aromatic carbocycles. The maximum Gasteiger partial charge on any atom is 0.230 e. The van der Waals surface area contributed by atoms with E-state index in [0.29, 0.717) is 37.9 Å². The molecule has 6 heteroatoms. The molecule has 1 aromatic heterocycles. The molecule has 148 valence electrons. The Morgan fingerprint density at radius 3 is 2.78 bits per heavy atom. The molecule has 6 nitrogen and oxygen atoms in total. The monoisotopic (exact) mass is 372 g/mol. The minimum absolute atomic E-state index is 0.252. The molecule has 0 unspecified atom stereocenters. The topological polar surface area (TPSA) is 72.5 Å². The summed E-state index contributed by atoms with van der Waals surface area (Å²) < 4.78 is 0. The number of fused-ring (bicyclic) bond motifs is 2. The van der Waals surface area contributed by atoms with E-state index in [1.807, 2.05) is 11.1 Å². The smallest absolute Gasteiger partial charge is 0.230 e. The quantitative estimate of drug-likeness (QED) is 0.779. The summed E-state index contributed by atoms with van der Waals surface area (Å²) >= 11 is 0. The lowest BCUT2D eigenvalue weighted by molar-refractivity contribution is -0.146. The van der Waals surface area contributed by atoms with Crippen molar-refractivity contribution in [2.75, 3.05) is 13.1 Å². The SMILES string of the molecule is CC(C)=CC[C@@]1(C(=O)N2CCC(O)CC2)C[C@@H]2CC[C@H]1N2Cc1ncc[nH]1. The van der Waals surface area contributed by atoms with Gasteiger partial charge in [-0.25, -0.2) is 4.98 Å². The molecule has 27 heavy (non-hydrogen) atoms. The fourth-order valence-corrected chi connectivity index (χ4v) is 5.41. The number of aliphatic hydroxyl groups excluding tert-OH is 1. The Kier molecular flexibility index (Phi) is 5.12. The van der Waals surface area contributed by atoms with Crippen LogP contribution in [0, 0.1) is 5.41 Å². The van der Waals surface area contributed by atoms with Gasteiger partial charge in [-0.15, -0.1) is 0 Å². The normalized spacial score (nSPS) is 31.4. The third-order valence-corrected chi connectivity index (χ3v) is 6.82. The van der Waals surface area contributed by atoms with E-state index in [1.54, 1.807) is 6.20 Å². The number of likely N-dealkylation sites (tertiary alicyclic amines) is 1. The van der Waals surface area contributed by atoms with Crippen molar-refractivity contribution in [1.29, 1.82) is 0 Å². The summed E-state index contributed by atoms with van der Waals surface area (Å²) in [5.74, 6) is 1.29. The van der Waals surface area contributed by atoms with E-state index >= 15 is 0 Å². The van der Waals surface area contributed by atoms with Gasteiger partial charge in [0.1, 0.15) is 5.82 Å². The van der Waals surface area contributed by atoms with E-state index in [0.717, 1.165) is 31.6 Å². The number of aromatic nitrogens is 2. The van der Waals surface area contributed by atoms with Crippen molar-refractivity contribution in [3.63, 3.8) is 0 Å². The van der Waals surface area contributed by atoms with Gasteiger partial charge >= 0.3 is 0 Å². The van der Waals surface area contributed by atoms with Crippen LogP contribution in [0.1, 0.15) is 58.2 Å². The van der Waals surface area contributed by atoms with Gasteiger partial charge in [0.25, 0.3) is 0 Å². The Morgan fingerprint density at radius 1 is 1.33 bits per heavy atom. The number of imidazole rings is 1. The largest absolute Gasteiger partial charge is 0.393 e. The van der Waals surface area contributed by atoms with Crippen LogP contribution in [0.15, 0.2) is 24.0 Å². The second-order valence-corrected chi connectivity index (χ2v) is 8.82. The molecular formula is C21H32N4O2. The summed E-state index contributed by atoms with van der Waals surface area (Å²) in [4.78, 5) is 25.9. The summed E-state index contributed by atoms with van der Waals surface area (Å²) in [6, 6.07) is 0.743. The number of aliphatic hydroxyl groups is 1. The zero-order valence-corrected chi connectivity index (χ0v) is 16.5. The number of aromatic amines is 1. The minimum Gasteiger partial charge on any atom is -0.393 e. The number of carbonyl (C=O) groups excluding carboxylic acids is 1. The van der Waals surface area contributed by atoms with E-state index in [9.17, 15) is 9.90 Å². The Morgan fingerprint density at radius 2 is 2.11 bits per heavy atom. The van der Waals surface area contributed by atoms with Gasteiger partial charge in [-0.2, -0.15) is 0 Å². The van der Waals surface area contributed by atoms with Crippen LogP contribution in [0.3, 0.4) is 0 Å². The Hall–Kier alpha value is -1.66. The average molecular weight is 373 g/mol. The number of nitrogens with one attached hydrogen (secondary N) is 1. The first-order valence-electron chi connectivity index (χ1n) is 10.3. The second-order valence-electron chi connectivity index (χ2n) is 8.82. The predicted molar refractivity (Wildman–Crippen MR) is 104 cm³/mol. The third-order valence-electron chi connectivity index (χ3n) is 6.82. The van der Waals surface area contributed by atoms with Gasteiger partial charge in [-0.05, 0) is 52.4 Å². The lowest BCUT2D eigenvalue weighted by Gasteiger charge is -2.41. The van der Waals surface area contributed by atoms with E-state index in [4.69, 9.17) is 0 Å². The fraction of sp³-hybridized carbons (Fsp3) is 0.714. The summed E-state index contributed by atoms with van der Waals surface area (Å²) in [7, 11) is 0. The van der Waals surface area contributed by atoms with Gasteiger partial charge in [0.2, 0.25) is 5.91 Å². The van der Waals surface area contributed by atoms with Gasteiger partial charge in [0, 0.05) is 37.6 Å². The fourth-order valence-electron chi connectivity index (χ4n) is 5.41. The van der Waals surface area contributed by atoms with Crippen LogP contribution in [0.2, 0.25) is 0 Å². The van der Waals surface area contributed by atoms with E-state index < -0.39 is 0 Å².